The van der Waals surface area contributed by atoms with Gasteiger partial charge in [0, 0.05) is 12.2 Å². The van der Waals surface area contributed by atoms with Gasteiger partial charge in [0.15, 0.2) is 17.5 Å². The lowest BCUT2D eigenvalue weighted by Gasteiger charge is -2.19. The fourth-order valence-electron chi connectivity index (χ4n) is 1.91. The summed E-state index contributed by atoms with van der Waals surface area (Å²) in [5.41, 5.74) is 7.76. The molecular formula is C15H15F3N2. The van der Waals surface area contributed by atoms with E-state index < -0.39 is 23.5 Å². The second-order valence-electron chi connectivity index (χ2n) is 4.60. The zero-order valence-corrected chi connectivity index (χ0v) is 11.0. The molecule has 20 heavy (non-hydrogen) atoms. The first kappa shape index (κ1) is 14.4. The molecule has 2 nitrogen and oxygen atoms in total. The van der Waals surface area contributed by atoms with Crippen molar-refractivity contribution in [2.45, 2.75) is 13.0 Å². The number of benzene rings is 2. The van der Waals surface area contributed by atoms with E-state index in [0.29, 0.717) is 0 Å². The van der Waals surface area contributed by atoms with Gasteiger partial charge in [0.05, 0.1) is 6.04 Å². The maximum atomic E-state index is 13.2. The van der Waals surface area contributed by atoms with Crippen molar-refractivity contribution < 1.29 is 13.2 Å². The Hall–Kier alpha value is -2.01. The van der Waals surface area contributed by atoms with Crippen LogP contribution in [0.5, 0.6) is 0 Å². The maximum absolute atomic E-state index is 13.2. The van der Waals surface area contributed by atoms with Gasteiger partial charge in [0.25, 0.3) is 0 Å². The summed E-state index contributed by atoms with van der Waals surface area (Å²) < 4.78 is 39.4. The molecule has 5 heteroatoms. The Morgan fingerprint density at radius 1 is 1.05 bits per heavy atom. The molecule has 0 spiro atoms. The highest BCUT2D eigenvalue weighted by atomic mass is 19.2. The van der Waals surface area contributed by atoms with Gasteiger partial charge in [-0.05, 0) is 36.8 Å². The van der Waals surface area contributed by atoms with E-state index in [-0.39, 0.29) is 12.1 Å². The van der Waals surface area contributed by atoms with E-state index in [2.05, 4.69) is 5.32 Å². The Morgan fingerprint density at radius 2 is 1.60 bits per heavy atom. The van der Waals surface area contributed by atoms with Crippen LogP contribution in [0.1, 0.15) is 17.2 Å². The Bertz CT molecular complexity index is 574. The number of rotatable bonds is 4. The van der Waals surface area contributed by atoms with Gasteiger partial charge >= 0.3 is 0 Å². The summed E-state index contributed by atoms with van der Waals surface area (Å²) in [7, 11) is 0. The molecule has 0 saturated heterocycles. The zero-order valence-electron chi connectivity index (χ0n) is 11.0. The molecule has 2 aromatic carbocycles. The van der Waals surface area contributed by atoms with Crippen LogP contribution in [-0.4, -0.2) is 6.54 Å². The number of nitrogens with one attached hydrogen (secondary N) is 1. The molecule has 1 atom stereocenters. The summed E-state index contributed by atoms with van der Waals surface area (Å²) in [6.45, 7) is 2.08. The molecule has 0 heterocycles. The zero-order chi connectivity index (χ0) is 14.7. The molecule has 106 valence electrons. The van der Waals surface area contributed by atoms with Crippen molar-refractivity contribution in [2.75, 3.05) is 11.9 Å². The largest absolute Gasteiger partial charge is 0.377 e. The van der Waals surface area contributed by atoms with E-state index in [1.54, 1.807) is 0 Å². The number of anilines is 1. The highest BCUT2D eigenvalue weighted by molar-refractivity contribution is 5.47. The fraction of sp³-hybridized carbons (Fsp3) is 0.200. The average Bonchev–Trinajstić information content (AvgIpc) is 2.43. The van der Waals surface area contributed by atoms with Gasteiger partial charge < -0.3 is 11.1 Å². The standard InChI is InChI=1S/C15H15F3N2/c1-9-2-4-11(5-3-9)20-14(8-19)10-6-12(16)15(18)13(17)7-10/h2-7,14,20H,8,19H2,1H3. The van der Waals surface area contributed by atoms with Crippen LogP contribution in [0.15, 0.2) is 36.4 Å². The molecule has 0 aliphatic rings. The van der Waals surface area contributed by atoms with Crippen LogP contribution < -0.4 is 11.1 Å². The van der Waals surface area contributed by atoms with Crippen molar-refractivity contribution in [3.63, 3.8) is 0 Å². The summed E-state index contributed by atoms with van der Waals surface area (Å²) in [5.74, 6) is -3.91. The third-order valence-electron chi connectivity index (χ3n) is 3.04. The number of halogens is 3. The molecule has 2 rings (SSSR count). The number of nitrogens with two attached hydrogens (primary N) is 1. The SMILES string of the molecule is Cc1ccc(NC(CN)c2cc(F)c(F)c(F)c2)cc1. The molecule has 3 N–H and O–H groups in total. The summed E-state index contributed by atoms with van der Waals surface area (Å²) in [5, 5.41) is 3.07. The average molecular weight is 280 g/mol. The normalized spacial score (nSPS) is 12.2. The Balaban J connectivity index is 2.26. The molecule has 0 fully saturated rings. The first-order chi connectivity index (χ1) is 9.51. The first-order valence-corrected chi connectivity index (χ1v) is 6.19. The molecule has 0 bridgehead atoms. The minimum absolute atomic E-state index is 0.123. The van der Waals surface area contributed by atoms with Crippen LogP contribution in [0.25, 0.3) is 0 Å². The highest BCUT2D eigenvalue weighted by Crippen LogP contribution is 2.22. The monoisotopic (exact) mass is 280 g/mol. The molecule has 0 amide bonds. The second-order valence-corrected chi connectivity index (χ2v) is 4.60. The molecule has 0 aliphatic carbocycles. The van der Waals surface area contributed by atoms with E-state index in [4.69, 9.17) is 5.73 Å². The number of aryl methyl sites for hydroxylation is 1. The predicted octanol–water partition coefficient (Wildman–Crippen LogP) is 3.52. The number of hydrogen-bond donors (Lipinski definition) is 2. The van der Waals surface area contributed by atoms with Crippen molar-refractivity contribution in [2.24, 2.45) is 5.73 Å². The molecule has 1 unspecified atom stereocenters. The lowest BCUT2D eigenvalue weighted by molar-refractivity contribution is 0.444. The van der Waals surface area contributed by atoms with E-state index in [1.165, 1.54) is 0 Å². The molecule has 0 saturated carbocycles. The van der Waals surface area contributed by atoms with E-state index in [0.717, 1.165) is 23.4 Å². The van der Waals surface area contributed by atoms with Crippen molar-refractivity contribution >= 4 is 5.69 Å². The molecular weight excluding hydrogens is 265 g/mol. The summed E-state index contributed by atoms with van der Waals surface area (Å²) in [6.07, 6.45) is 0. The first-order valence-electron chi connectivity index (χ1n) is 6.19. The quantitative estimate of drug-likeness (QED) is 0.841. The Labute approximate surface area is 115 Å². The van der Waals surface area contributed by atoms with Crippen LogP contribution in [-0.2, 0) is 0 Å². The van der Waals surface area contributed by atoms with Crippen molar-refractivity contribution in [3.8, 4) is 0 Å². The van der Waals surface area contributed by atoms with Crippen LogP contribution in [0.4, 0.5) is 18.9 Å². The smallest absolute Gasteiger partial charge is 0.194 e. The lowest BCUT2D eigenvalue weighted by Crippen LogP contribution is -2.21. The Kier molecular flexibility index (Phi) is 4.29. The van der Waals surface area contributed by atoms with Gasteiger partial charge in [-0.1, -0.05) is 17.7 Å². The van der Waals surface area contributed by atoms with Crippen molar-refractivity contribution in [1.82, 2.24) is 0 Å². The third-order valence-corrected chi connectivity index (χ3v) is 3.04. The molecule has 2 aromatic rings. The van der Waals surface area contributed by atoms with Crippen LogP contribution in [0, 0.1) is 24.4 Å². The summed E-state index contributed by atoms with van der Waals surface area (Å²) in [4.78, 5) is 0. The lowest BCUT2D eigenvalue weighted by atomic mass is 10.1. The topological polar surface area (TPSA) is 38.0 Å². The van der Waals surface area contributed by atoms with E-state index in [9.17, 15) is 13.2 Å². The molecule has 0 aromatic heterocycles. The summed E-state index contributed by atoms with van der Waals surface area (Å²) >= 11 is 0. The van der Waals surface area contributed by atoms with Gasteiger partial charge in [-0.2, -0.15) is 0 Å². The van der Waals surface area contributed by atoms with Crippen molar-refractivity contribution in [3.05, 3.63) is 65.0 Å². The molecule has 0 aliphatic heterocycles. The maximum Gasteiger partial charge on any atom is 0.194 e. The summed E-state index contributed by atoms with van der Waals surface area (Å²) in [6, 6.07) is 8.91. The molecule has 0 radical (unpaired) electrons. The van der Waals surface area contributed by atoms with Gasteiger partial charge in [-0.3, -0.25) is 0 Å². The Morgan fingerprint density at radius 3 is 2.10 bits per heavy atom. The van der Waals surface area contributed by atoms with Crippen LogP contribution >= 0.6 is 0 Å². The van der Waals surface area contributed by atoms with Crippen LogP contribution in [0.2, 0.25) is 0 Å². The van der Waals surface area contributed by atoms with E-state index in [1.807, 2.05) is 31.2 Å². The van der Waals surface area contributed by atoms with Crippen molar-refractivity contribution in [1.29, 1.82) is 0 Å². The number of hydrogen-bond acceptors (Lipinski definition) is 2. The van der Waals surface area contributed by atoms with E-state index >= 15 is 0 Å². The second kappa shape index (κ2) is 5.96. The van der Waals surface area contributed by atoms with Crippen LogP contribution in [0.3, 0.4) is 0 Å². The van der Waals surface area contributed by atoms with Gasteiger partial charge in [0.2, 0.25) is 0 Å². The van der Waals surface area contributed by atoms with Gasteiger partial charge in [0.1, 0.15) is 0 Å². The third kappa shape index (κ3) is 3.11. The minimum Gasteiger partial charge on any atom is -0.377 e. The van der Waals surface area contributed by atoms with Gasteiger partial charge in [-0.25, -0.2) is 13.2 Å². The highest BCUT2D eigenvalue weighted by Gasteiger charge is 2.16. The van der Waals surface area contributed by atoms with Gasteiger partial charge in [-0.15, -0.1) is 0 Å². The predicted molar refractivity (Wildman–Crippen MR) is 72.9 cm³/mol. The fourth-order valence-corrected chi connectivity index (χ4v) is 1.91. The minimum atomic E-state index is -1.47.